The summed E-state index contributed by atoms with van der Waals surface area (Å²) >= 11 is 0. The number of carbonyl (C=O) groups excluding carboxylic acids is 1. The van der Waals surface area contributed by atoms with Gasteiger partial charge in [-0.1, -0.05) is 19.9 Å². The fourth-order valence-corrected chi connectivity index (χ4v) is 2.71. The van der Waals surface area contributed by atoms with Crippen LogP contribution in [-0.2, 0) is 9.53 Å². The van der Waals surface area contributed by atoms with E-state index in [1.165, 1.54) is 0 Å². The third kappa shape index (κ3) is 4.96. The Labute approximate surface area is 126 Å². The first-order chi connectivity index (χ1) is 10.0. The number of anilines is 1. The molecule has 21 heavy (non-hydrogen) atoms. The van der Waals surface area contributed by atoms with E-state index in [9.17, 15) is 4.79 Å². The lowest BCUT2D eigenvalue weighted by Gasteiger charge is -2.31. The summed E-state index contributed by atoms with van der Waals surface area (Å²) in [5, 5.41) is 0. The van der Waals surface area contributed by atoms with Gasteiger partial charge in [0.15, 0.2) is 0 Å². The first-order valence-corrected chi connectivity index (χ1v) is 7.72. The summed E-state index contributed by atoms with van der Waals surface area (Å²) in [4.78, 5) is 11.8. The number of benzene rings is 1. The van der Waals surface area contributed by atoms with Gasteiger partial charge in [-0.25, -0.2) is 0 Å². The number of carbonyl (C=O) groups is 1. The van der Waals surface area contributed by atoms with Crippen molar-refractivity contribution in [3.05, 3.63) is 24.3 Å². The number of hydrogen-bond acceptors (Lipinski definition) is 4. The Morgan fingerprint density at radius 3 is 2.81 bits per heavy atom. The Morgan fingerprint density at radius 1 is 1.29 bits per heavy atom. The molecule has 1 saturated carbocycles. The van der Waals surface area contributed by atoms with Crippen molar-refractivity contribution in [3.63, 3.8) is 0 Å². The summed E-state index contributed by atoms with van der Waals surface area (Å²) in [7, 11) is 0. The molecule has 3 unspecified atom stereocenters. The van der Waals surface area contributed by atoms with E-state index in [2.05, 4.69) is 13.8 Å². The van der Waals surface area contributed by atoms with Gasteiger partial charge in [-0.3, -0.25) is 4.79 Å². The molecule has 116 valence electrons. The molecule has 0 aliphatic heterocycles. The predicted molar refractivity (Wildman–Crippen MR) is 83.0 cm³/mol. The third-order valence-corrected chi connectivity index (χ3v) is 4.28. The molecule has 0 saturated heterocycles. The van der Waals surface area contributed by atoms with Crippen molar-refractivity contribution >= 4 is 11.7 Å². The van der Waals surface area contributed by atoms with Crippen molar-refractivity contribution in [2.24, 2.45) is 11.8 Å². The molecule has 4 heteroatoms. The van der Waals surface area contributed by atoms with Gasteiger partial charge < -0.3 is 15.2 Å². The van der Waals surface area contributed by atoms with Gasteiger partial charge in [0.2, 0.25) is 0 Å². The lowest BCUT2D eigenvalue weighted by Crippen LogP contribution is -2.29. The second kappa shape index (κ2) is 7.34. The van der Waals surface area contributed by atoms with Gasteiger partial charge in [0.1, 0.15) is 11.9 Å². The third-order valence-electron chi connectivity index (χ3n) is 4.28. The summed E-state index contributed by atoms with van der Waals surface area (Å²) < 4.78 is 11.0. The molecule has 0 spiro atoms. The van der Waals surface area contributed by atoms with Crippen molar-refractivity contribution in [3.8, 4) is 5.75 Å². The van der Waals surface area contributed by atoms with Crippen molar-refractivity contribution in [2.75, 3.05) is 12.3 Å². The first-order valence-electron chi connectivity index (χ1n) is 7.72. The minimum Gasteiger partial charge on any atom is -0.493 e. The number of esters is 1. The monoisotopic (exact) mass is 291 g/mol. The molecule has 3 atom stereocenters. The Morgan fingerprint density at radius 2 is 2.10 bits per heavy atom. The van der Waals surface area contributed by atoms with Gasteiger partial charge in [0.05, 0.1) is 13.0 Å². The zero-order chi connectivity index (χ0) is 15.2. The summed E-state index contributed by atoms with van der Waals surface area (Å²) in [6.07, 6.45) is 3.45. The van der Waals surface area contributed by atoms with Crippen LogP contribution >= 0.6 is 0 Å². The van der Waals surface area contributed by atoms with E-state index in [0.29, 0.717) is 24.0 Å². The standard InChI is InChI=1S/C17H25NO3/c1-12-6-7-16(10-13(12)2)21-17(19)8-9-20-15-5-3-4-14(18)11-15/h3-5,11-13,16H,6-10,18H2,1-2H3. The average molecular weight is 291 g/mol. The van der Waals surface area contributed by atoms with Crippen LogP contribution in [0.25, 0.3) is 0 Å². The maximum Gasteiger partial charge on any atom is 0.309 e. The number of nitrogens with two attached hydrogens (primary N) is 1. The van der Waals surface area contributed by atoms with Crippen molar-refractivity contribution in [1.82, 2.24) is 0 Å². The van der Waals surface area contributed by atoms with E-state index >= 15 is 0 Å². The van der Waals surface area contributed by atoms with E-state index in [-0.39, 0.29) is 18.5 Å². The lowest BCUT2D eigenvalue weighted by molar-refractivity contribution is -0.152. The van der Waals surface area contributed by atoms with E-state index in [1.807, 2.05) is 12.1 Å². The van der Waals surface area contributed by atoms with Gasteiger partial charge in [0.25, 0.3) is 0 Å². The zero-order valence-corrected chi connectivity index (χ0v) is 12.9. The molecule has 0 aromatic heterocycles. The summed E-state index contributed by atoms with van der Waals surface area (Å²) in [5.41, 5.74) is 6.32. The van der Waals surface area contributed by atoms with Gasteiger partial charge >= 0.3 is 5.97 Å². The smallest absolute Gasteiger partial charge is 0.309 e. The topological polar surface area (TPSA) is 61.5 Å². The van der Waals surface area contributed by atoms with Gasteiger partial charge in [0, 0.05) is 11.8 Å². The quantitative estimate of drug-likeness (QED) is 0.667. The predicted octanol–water partition coefficient (Wildman–Crippen LogP) is 3.41. The molecular weight excluding hydrogens is 266 g/mol. The second-order valence-electron chi connectivity index (χ2n) is 6.05. The number of hydrogen-bond donors (Lipinski definition) is 1. The average Bonchev–Trinajstić information content (AvgIpc) is 2.43. The summed E-state index contributed by atoms with van der Waals surface area (Å²) in [6, 6.07) is 7.20. The molecular formula is C17H25NO3. The molecule has 4 nitrogen and oxygen atoms in total. The van der Waals surface area contributed by atoms with Crippen LogP contribution in [0, 0.1) is 11.8 Å². The van der Waals surface area contributed by atoms with Crippen LogP contribution in [0.5, 0.6) is 5.75 Å². The Kier molecular flexibility index (Phi) is 5.48. The molecule has 1 aromatic rings. The fourth-order valence-electron chi connectivity index (χ4n) is 2.71. The molecule has 1 aliphatic rings. The van der Waals surface area contributed by atoms with Crippen LogP contribution in [0.2, 0.25) is 0 Å². The number of rotatable bonds is 5. The largest absolute Gasteiger partial charge is 0.493 e. The Bertz CT molecular complexity index is 475. The molecule has 0 radical (unpaired) electrons. The summed E-state index contributed by atoms with van der Waals surface area (Å²) in [5.74, 6) is 1.86. The normalized spacial score (nSPS) is 25.3. The second-order valence-corrected chi connectivity index (χ2v) is 6.05. The van der Waals surface area contributed by atoms with Crippen LogP contribution in [-0.4, -0.2) is 18.7 Å². The van der Waals surface area contributed by atoms with Gasteiger partial charge in [-0.05, 0) is 43.2 Å². The molecule has 0 amide bonds. The first kappa shape index (κ1) is 15.7. The number of ether oxygens (including phenoxy) is 2. The Balaban J connectivity index is 1.68. The maximum absolute atomic E-state index is 11.8. The van der Waals surface area contributed by atoms with Crippen molar-refractivity contribution in [1.29, 1.82) is 0 Å². The van der Waals surface area contributed by atoms with Crippen LogP contribution in [0.15, 0.2) is 24.3 Å². The minimum absolute atomic E-state index is 0.0797. The highest BCUT2D eigenvalue weighted by molar-refractivity contribution is 5.69. The van der Waals surface area contributed by atoms with Crippen LogP contribution in [0.1, 0.15) is 39.5 Å². The van der Waals surface area contributed by atoms with Crippen LogP contribution in [0.4, 0.5) is 5.69 Å². The highest BCUT2D eigenvalue weighted by atomic mass is 16.5. The number of nitrogen functional groups attached to an aromatic ring is 1. The highest BCUT2D eigenvalue weighted by Crippen LogP contribution is 2.31. The molecule has 0 bridgehead atoms. The SMILES string of the molecule is CC1CCC(OC(=O)CCOc2cccc(N)c2)CC1C. The molecule has 2 rings (SSSR count). The minimum atomic E-state index is -0.175. The van der Waals surface area contributed by atoms with E-state index in [1.54, 1.807) is 12.1 Å². The van der Waals surface area contributed by atoms with Crippen LogP contribution < -0.4 is 10.5 Å². The molecule has 2 N–H and O–H groups in total. The van der Waals surface area contributed by atoms with E-state index in [4.69, 9.17) is 15.2 Å². The van der Waals surface area contributed by atoms with Gasteiger partial charge in [-0.2, -0.15) is 0 Å². The van der Waals surface area contributed by atoms with E-state index < -0.39 is 0 Å². The Hall–Kier alpha value is -1.71. The highest BCUT2D eigenvalue weighted by Gasteiger charge is 2.26. The molecule has 1 fully saturated rings. The molecule has 1 aliphatic carbocycles. The van der Waals surface area contributed by atoms with Crippen LogP contribution in [0.3, 0.4) is 0 Å². The summed E-state index contributed by atoms with van der Waals surface area (Å²) in [6.45, 7) is 4.82. The maximum atomic E-state index is 11.8. The fraction of sp³-hybridized carbons (Fsp3) is 0.588. The molecule has 1 aromatic carbocycles. The van der Waals surface area contributed by atoms with E-state index in [0.717, 1.165) is 25.2 Å². The molecule has 0 heterocycles. The zero-order valence-electron chi connectivity index (χ0n) is 12.9. The van der Waals surface area contributed by atoms with Gasteiger partial charge in [-0.15, -0.1) is 0 Å². The lowest BCUT2D eigenvalue weighted by atomic mass is 9.80. The van der Waals surface area contributed by atoms with Crippen molar-refractivity contribution < 1.29 is 14.3 Å². The van der Waals surface area contributed by atoms with Crippen molar-refractivity contribution in [2.45, 2.75) is 45.6 Å².